The molecule has 0 fully saturated rings. The molecule has 0 unspecified atom stereocenters. The van der Waals surface area contributed by atoms with Crippen molar-refractivity contribution in [3.63, 3.8) is 0 Å². The maximum atomic E-state index is 5.34. The van der Waals surface area contributed by atoms with Gasteiger partial charge < -0.3 is 0 Å². The monoisotopic (exact) mass is 807 g/mol. The first-order chi connectivity index (χ1) is 30.7. The quantitative estimate of drug-likeness (QED) is 0.161. The van der Waals surface area contributed by atoms with Crippen LogP contribution in [0.4, 0.5) is 0 Å². The van der Waals surface area contributed by atoms with Crippen LogP contribution in [0.5, 0.6) is 0 Å². The van der Waals surface area contributed by atoms with Crippen LogP contribution in [-0.4, -0.2) is 15.0 Å². The number of fused-ring (bicyclic) bond motifs is 6. The average Bonchev–Trinajstić information content (AvgIpc) is 3.89. The van der Waals surface area contributed by atoms with Crippen LogP contribution in [-0.2, 0) is 5.41 Å². The molecule has 0 aliphatic heterocycles. The molecule has 3 nitrogen and oxygen atoms in total. The first kappa shape index (κ1) is 36.1. The van der Waals surface area contributed by atoms with Gasteiger partial charge in [0.2, 0.25) is 0 Å². The molecule has 0 bridgehead atoms. The number of rotatable bonds is 7. The Labute approximate surface area is 364 Å². The van der Waals surface area contributed by atoms with Crippen molar-refractivity contribution in [1.29, 1.82) is 0 Å². The van der Waals surface area contributed by atoms with Gasteiger partial charge in [-0.15, -0.1) is 11.3 Å². The molecule has 11 aromatic rings. The van der Waals surface area contributed by atoms with E-state index in [1.54, 1.807) is 0 Å². The fraction of sp³-hybridized carbons (Fsp3) is 0.0172. The van der Waals surface area contributed by atoms with Crippen molar-refractivity contribution in [3.05, 3.63) is 247 Å². The summed E-state index contributed by atoms with van der Waals surface area (Å²) in [6.07, 6.45) is 0. The lowest BCUT2D eigenvalue weighted by Crippen LogP contribution is -2.28. The molecule has 0 radical (unpaired) electrons. The van der Waals surface area contributed by atoms with Crippen LogP contribution in [0.3, 0.4) is 0 Å². The Bertz CT molecular complexity index is 3410. The molecule has 1 aliphatic carbocycles. The largest absolute Gasteiger partial charge is 0.208 e. The zero-order chi connectivity index (χ0) is 41.0. The molecule has 0 saturated carbocycles. The summed E-state index contributed by atoms with van der Waals surface area (Å²) >= 11 is 1.84. The molecule has 290 valence electrons. The van der Waals surface area contributed by atoms with E-state index in [0.29, 0.717) is 17.5 Å². The summed E-state index contributed by atoms with van der Waals surface area (Å²) in [6.45, 7) is 0. The van der Waals surface area contributed by atoms with E-state index < -0.39 is 5.41 Å². The van der Waals surface area contributed by atoms with Crippen molar-refractivity contribution in [1.82, 2.24) is 15.0 Å². The topological polar surface area (TPSA) is 38.7 Å². The minimum Gasteiger partial charge on any atom is -0.208 e. The lowest BCUT2D eigenvalue weighted by Gasteiger charge is -2.34. The molecular weight excluding hydrogens is 771 g/mol. The van der Waals surface area contributed by atoms with Crippen molar-refractivity contribution in [2.75, 3.05) is 0 Å². The van der Waals surface area contributed by atoms with Crippen molar-refractivity contribution in [3.8, 4) is 67.5 Å². The molecule has 12 rings (SSSR count). The van der Waals surface area contributed by atoms with Gasteiger partial charge in [0.05, 0.1) is 5.41 Å². The van der Waals surface area contributed by atoms with Crippen molar-refractivity contribution in [2.45, 2.75) is 5.41 Å². The number of hydrogen-bond acceptors (Lipinski definition) is 4. The molecule has 4 heteroatoms. The third-order valence-corrected chi connectivity index (χ3v) is 13.7. The Morgan fingerprint density at radius 2 is 0.790 bits per heavy atom. The Hall–Kier alpha value is -7.79. The molecule has 0 saturated heterocycles. The molecule has 0 N–H and O–H groups in total. The van der Waals surface area contributed by atoms with E-state index in [0.717, 1.165) is 27.8 Å². The zero-order valence-electron chi connectivity index (χ0n) is 33.6. The highest BCUT2D eigenvalue weighted by Gasteiger charge is 2.46. The standard InChI is InChI=1S/C58H37N3S/c1-4-16-38(17-5-1)39-30-32-40(33-31-39)55-59-56(42-19-14-18-41(36-42)46-26-15-27-50-49-25-11-13-29-53(49)62-54(46)50)61-57(60-55)43-34-35-48-47-24-10-12-28-51(47)58(52(48)37-43,44-20-6-2-7-21-44)45-22-8-3-9-23-45/h1-37H. The van der Waals surface area contributed by atoms with Crippen molar-refractivity contribution >= 4 is 31.5 Å². The molecule has 0 amide bonds. The third-order valence-electron chi connectivity index (χ3n) is 12.4. The van der Waals surface area contributed by atoms with Gasteiger partial charge in [-0.3, -0.25) is 0 Å². The molecular formula is C58H37N3S. The van der Waals surface area contributed by atoms with Crippen LogP contribution >= 0.6 is 11.3 Å². The van der Waals surface area contributed by atoms with Gasteiger partial charge in [-0.25, -0.2) is 15.0 Å². The Morgan fingerprint density at radius 3 is 1.53 bits per heavy atom. The van der Waals surface area contributed by atoms with Crippen LogP contribution in [0, 0.1) is 0 Å². The number of thiophene rings is 1. The smallest absolute Gasteiger partial charge is 0.164 e. The second kappa shape index (κ2) is 14.7. The molecule has 2 heterocycles. The second-order valence-corrected chi connectivity index (χ2v) is 17.0. The molecule has 2 aromatic heterocycles. The number of hydrogen-bond donors (Lipinski definition) is 0. The summed E-state index contributed by atoms with van der Waals surface area (Å²) in [6, 6.07) is 80.4. The van der Waals surface area contributed by atoms with Crippen LogP contribution in [0.15, 0.2) is 224 Å². The minimum atomic E-state index is -0.543. The highest BCUT2D eigenvalue weighted by Crippen LogP contribution is 2.56. The van der Waals surface area contributed by atoms with Gasteiger partial charge in [0.25, 0.3) is 0 Å². The number of nitrogens with zero attached hydrogens (tertiary/aromatic N) is 3. The summed E-state index contributed by atoms with van der Waals surface area (Å²) in [5.41, 5.74) is 14.3. The lowest BCUT2D eigenvalue weighted by atomic mass is 9.67. The lowest BCUT2D eigenvalue weighted by molar-refractivity contribution is 0.768. The van der Waals surface area contributed by atoms with E-state index in [9.17, 15) is 0 Å². The van der Waals surface area contributed by atoms with Crippen LogP contribution in [0.2, 0.25) is 0 Å². The fourth-order valence-electron chi connectivity index (χ4n) is 9.59. The highest BCUT2D eigenvalue weighted by atomic mass is 32.1. The Morgan fingerprint density at radius 1 is 0.306 bits per heavy atom. The second-order valence-electron chi connectivity index (χ2n) is 15.9. The van der Waals surface area contributed by atoms with Gasteiger partial charge in [-0.1, -0.05) is 206 Å². The van der Waals surface area contributed by atoms with E-state index in [4.69, 9.17) is 15.0 Å². The average molecular weight is 808 g/mol. The first-order valence-corrected chi connectivity index (χ1v) is 21.8. The zero-order valence-corrected chi connectivity index (χ0v) is 34.4. The maximum absolute atomic E-state index is 5.34. The summed E-state index contributed by atoms with van der Waals surface area (Å²) in [7, 11) is 0. The summed E-state index contributed by atoms with van der Waals surface area (Å²) in [5, 5.41) is 2.56. The van der Waals surface area contributed by atoms with Crippen molar-refractivity contribution < 1.29 is 0 Å². The molecule has 62 heavy (non-hydrogen) atoms. The SMILES string of the molecule is c1ccc(-c2ccc(-c3nc(-c4cccc(-c5cccc6c5sc5ccccc56)c4)nc(-c4ccc5c(c4)C(c4ccccc4)(c4ccccc4)c4ccccc4-5)n3)cc2)cc1. The van der Waals surface area contributed by atoms with Gasteiger partial charge in [-0.05, 0) is 73.8 Å². The predicted octanol–water partition coefficient (Wildman–Crippen LogP) is 14.9. The van der Waals surface area contributed by atoms with E-state index in [2.05, 4.69) is 218 Å². The molecule has 1 aliphatic rings. The number of aromatic nitrogens is 3. The van der Waals surface area contributed by atoms with Gasteiger partial charge in [0, 0.05) is 36.9 Å². The van der Waals surface area contributed by atoms with Crippen molar-refractivity contribution in [2.24, 2.45) is 0 Å². The molecule has 9 aromatic carbocycles. The fourth-order valence-corrected chi connectivity index (χ4v) is 10.8. The minimum absolute atomic E-state index is 0.543. The normalized spacial score (nSPS) is 12.6. The van der Waals surface area contributed by atoms with Crippen LogP contribution < -0.4 is 0 Å². The molecule has 0 atom stereocenters. The van der Waals surface area contributed by atoms with E-state index in [1.807, 2.05) is 17.4 Å². The Balaban J connectivity index is 1.05. The Kier molecular flexibility index (Phi) is 8.58. The number of benzene rings is 9. The van der Waals surface area contributed by atoms with Gasteiger partial charge in [-0.2, -0.15) is 0 Å². The summed E-state index contributed by atoms with van der Waals surface area (Å²) in [4.78, 5) is 15.9. The first-order valence-electron chi connectivity index (χ1n) is 21.0. The highest BCUT2D eigenvalue weighted by molar-refractivity contribution is 7.26. The maximum Gasteiger partial charge on any atom is 0.164 e. The summed E-state index contributed by atoms with van der Waals surface area (Å²) < 4.78 is 2.57. The van der Waals surface area contributed by atoms with Gasteiger partial charge in [0.1, 0.15) is 0 Å². The summed E-state index contributed by atoms with van der Waals surface area (Å²) in [5.74, 6) is 1.88. The van der Waals surface area contributed by atoms with Crippen LogP contribution in [0.1, 0.15) is 22.3 Å². The van der Waals surface area contributed by atoms with Crippen LogP contribution in [0.25, 0.3) is 87.7 Å². The molecule has 0 spiro atoms. The van der Waals surface area contributed by atoms with Gasteiger partial charge in [0.15, 0.2) is 17.5 Å². The van der Waals surface area contributed by atoms with E-state index in [-0.39, 0.29) is 0 Å². The van der Waals surface area contributed by atoms with E-state index in [1.165, 1.54) is 64.7 Å². The van der Waals surface area contributed by atoms with E-state index >= 15 is 0 Å². The van der Waals surface area contributed by atoms with Gasteiger partial charge >= 0.3 is 0 Å². The third kappa shape index (κ3) is 5.83. The predicted molar refractivity (Wildman–Crippen MR) is 257 cm³/mol.